The summed E-state index contributed by atoms with van der Waals surface area (Å²) < 4.78 is 29.0. The Kier molecular flexibility index (Phi) is 5.88. The molecular formula is C22H25F2N3O2S. The van der Waals surface area contributed by atoms with E-state index in [2.05, 4.69) is 21.5 Å². The lowest BCUT2D eigenvalue weighted by atomic mass is 9.89. The van der Waals surface area contributed by atoms with Crippen LogP contribution in [-0.2, 0) is 19.4 Å². The minimum Gasteiger partial charge on any atom is -0.435 e. The maximum absolute atomic E-state index is 12.8. The van der Waals surface area contributed by atoms with Gasteiger partial charge in [0, 0.05) is 11.4 Å². The van der Waals surface area contributed by atoms with Gasteiger partial charge in [-0.05, 0) is 62.4 Å². The number of hydrogen-bond acceptors (Lipinski definition) is 5. The van der Waals surface area contributed by atoms with Gasteiger partial charge in [0.1, 0.15) is 16.4 Å². The number of aromatic amines is 1. The van der Waals surface area contributed by atoms with Crippen LogP contribution in [0.25, 0.3) is 10.2 Å². The van der Waals surface area contributed by atoms with Crippen molar-refractivity contribution >= 4 is 21.6 Å². The van der Waals surface area contributed by atoms with Gasteiger partial charge in [0.25, 0.3) is 5.56 Å². The van der Waals surface area contributed by atoms with Crippen LogP contribution < -0.4 is 10.3 Å². The SMILES string of the molecule is CC1CCc2c(sc3nc(C(C)N(C)Cc4ccc(OC(F)F)cc4)[nH]c(=O)c23)C1. The number of benzene rings is 1. The smallest absolute Gasteiger partial charge is 0.387 e. The van der Waals surface area contributed by atoms with Crippen molar-refractivity contribution in [2.24, 2.45) is 5.92 Å². The molecule has 0 amide bonds. The number of fused-ring (bicyclic) bond motifs is 3. The number of H-pyrrole nitrogens is 1. The normalized spacial score (nSPS) is 17.5. The molecule has 30 heavy (non-hydrogen) atoms. The minimum atomic E-state index is -2.83. The standard InChI is InChI=1S/C22H25F2N3O2S/c1-12-4-9-16-17(10-12)30-21-18(16)20(28)25-19(26-21)13(2)27(3)11-14-5-7-15(8-6-14)29-22(23)24/h5-8,12-13,22H,4,9-11H2,1-3H3,(H,25,26,28). The molecule has 0 saturated carbocycles. The number of thiophene rings is 1. The Bertz CT molecular complexity index is 1090. The van der Waals surface area contributed by atoms with Crippen molar-refractivity contribution in [2.45, 2.75) is 52.3 Å². The Balaban J connectivity index is 1.53. The predicted molar refractivity (Wildman–Crippen MR) is 114 cm³/mol. The summed E-state index contributed by atoms with van der Waals surface area (Å²) in [6.45, 7) is 1.99. The van der Waals surface area contributed by atoms with Crippen molar-refractivity contribution in [3.63, 3.8) is 0 Å². The molecule has 2 atom stereocenters. The summed E-state index contributed by atoms with van der Waals surface area (Å²) in [6.07, 6.45) is 3.08. The Labute approximate surface area is 177 Å². The van der Waals surface area contributed by atoms with Gasteiger partial charge in [-0.15, -0.1) is 11.3 Å². The highest BCUT2D eigenvalue weighted by Gasteiger charge is 2.24. The van der Waals surface area contributed by atoms with Crippen molar-refractivity contribution < 1.29 is 13.5 Å². The second kappa shape index (κ2) is 8.43. The van der Waals surface area contributed by atoms with E-state index in [0.29, 0.717) is 18.3 Å². The van der Waals surface area contributed by atoms with E-state index in [1.54, 1.807) is 23.5 Å². The lowest BCUT2D eigenvalue weighted by molar-refractivity contribution is -0.0498. The Morgan fingerprint density at radius 3 is 2.77 bits per heavy atom. The Morgan fingerprint density at radius 1 is 1.33 bits per heavy atom. The molecule has 5 nitrogen and oxygen atoms in total. The summed E-state index contributed by atoms with van der Waals surface area (Å²) in [5.41, 5.74) is 2.08. The monoisotopic (exact) mass is 433 g/mol. The largest absolute Gasteiger partial charge is 0.435 e. The molecule has 3 aromatic rings. The van der Waals surface area contributed by atoms with E-state index in [9.17, 15) is 13.6 Å². The fourth-order valence-electron chi connectivity index (χ4n) is 3.97. The van der Waals surface area contributed by atoms with Gasteiger partial charge >= 0.3 is 6.61 Å². The number of nitrogens with zero attached hydrogens (tertiary/aromatic N) is 2. The predicted octanol–water partition coefficient (Wildman–Crippen LogP) is 4.90. The molecule has 0 spiro atoms. The van der Waals surface area contributed by atoms with E-state index in [4.69, 9.17) is 4.98 Å². The van der Waals surface area contributed by atoms with Gasteiger partial charge in [-0.3, -0.25) is 9.69 Å². The number of halogens is 2. The van der Waals surface area contributed by atoms with E-state index < -0.39 is 6.61 Å². The molecular weight excluding hydrogens is 408 g/mol. The summed E-state index contributed by atoms with van der Waals surface area (Å²) in [5.74, 6) is 1.42. The summed E-state index contributed by atoms with van der Waals surface area (Å²) in [7, 11) is 1.94. The fourth-order valence-corrected chi connectivity index (χ4v) is 5.36. The molecule has 1 N–H and O–H groups in total. The topological polar surface area (TPSA) is 58.2 Å². The molecule has 0 radical (unpaired) electrons. The number of rotatable bonds is 6. The summed E-state index contributed by atoms with van der Waals surface area (Å²) in [5, 5.41) is 0.759. The zero-order chi connectivity index (χ0) is 21.4. The number of aryl methyl sites for hydroxylation is 1. The third-order valence-electron chi connectivity index (χ3n) is 5.82. The van der Waals surface area contributed by atoms with E-state index in [1.807, 2.05) is 14.0 Å². The fraction of sp³-hybridized carbons (Fsp3) is 0.455. The van der Waals surface area contributed by atoms with Crippen LogP contribution in [0.2, 0.25) is 0 Å². The molecule has 0 saturated heterocycles. The molecule has 160 valence electrons. The molecule has 1 aliphatic carbocycles. The second-order valence-corrected chi connectivity index (χ2v) is 9.18. The molecule has 2 unspecified atom stereocenters. The van der Waals surface area contributed by atoms with Crippen LogP contribution in [0.4, 0.5) is 8.78 Å². The van der Waals surface area contributed by atoms with Crippen LogP contribution in [-0.4, -0.2) is 28.5 Å². The minimum absolute atomic E-state index is 0.0594. The van der Waals surface area contributed by atoms with E-state index in [0.717, 1.165) is 35.0 Å². The van der Waals surface area contributed by atoms with E-state index in [-0.39, 0.29) is 17.4 Å². The maximum atomic E-state index is 12.8. The van der Waals surface area contributed by atoms with Gasteiger partial charge in [0.05, 0.1) is 11.4 Å². The summed E-state index contributed by atoms with van der Waals surface area (Å²) >= 11 is 1.65. The first-order valence-electron chi connectivity index (χ1n) is 10.1. The molecule has 8 heteroatoms. The lowest BCUT2D eigenvalue weighted by Gasteiger charge is -2.24. The number of hydrogen-bond donors (Lipinski definition) is 1. The molecule has 1 aliphatic rings. The van der Waals surface area contributed by atoms with Gasteiger partial charge in [-0.1, -0.05) is 19.1 Å². The van der Waals surface area contributed by atoms with Crippen molar-refractivity contribution in [1.29, 1.82) is 0 Å². The number of aromatic nitrogens is 2. The highest BCUT2D eigenvalue weighted by Crippen LogP contribution is 2.36. The van der Waals surface area contributed by atoms with Crippen LogP contribution in [0.15, 0.2) is 29.1 Å². The Morgan fingerprint density at radius 2 is 2.07 bits per heavy atom. The molecule has 0 aliphatic heterocycles. The average Bonchev–Trinajstić information content (AvgIpc) is 3.06. The van der Waals surface area contributed by atoms with Gasteiger partial charge in [-0.25, -0.2) is 4.98 Å². The molecule has 0 fully saturated rings. The Hall–Kier alpha value is -2.32. The highest BCUT2D eigenvalue weighted by molar-refractivity contribution is 7.18. The molecule has 1 aromatic carbocycles. The van der Waals surface area contributed by atoms with Gasteiger partial charge in [-0.2, -0.15) is 8.78 Å². The third kappa shape index (κ3) is 4.25. The quantitative estimate of drug-likeness (QED) is 0.601. The van der Waals surface area contributed by atoms with Gasteiger partial charge < -0.3 is 9.72 Å². The van der Waals surface area contributed by atoms with E-state index >= 15 is 0 Å². The molecule has 2 heterocycles. The summed E-state index contributed by atoms with van der Waals surface area (Å²) in [6, 6.07) is 6.47. The number of ether oxygens (including phenoxy) is 1. The van der Waals surface area contributed by atoms with Crippen LogP contribution in [0.3, 0.4) is 0 Å². The molecule has 0 bridgehead atoms. The van der Waals surface area contributed by atoms with Gasteiger partial charge in [0.2, 0.25) is 0 Å². The van der Waals surface area contributed by atoms with Crippen molar-refractivity contribution in [3.05, 3.63) is 56.4 Å². The maximum Gasteiger partial charge on any atom is 0.387 e. The average molecular weight is 434 g/mol. The van der Waals surface area contributed by atoms with Crippen molar-refractivity contribution in [2.75, 3.05) is 7.05 Å². The van der Waals surface area contributed by atoms with Crippen molar-refractivity contribution in [3.8, 4) is 5.75 Å². The zero-order valence-corrected chi connectivity index (χ0v) is 18.1. The van der Waals surface area contributed by atoms with Gasteiger partial charge in [0.15, 0.2) is 0 Å². The van der Waals surface area contributed by atoms with Crippen LogP contribution in [0.1, 0.15) is 48.1 Å². The molecule has 2 aromatic heterocycles. The third-order valence-corrected chi connectivity index (χ3v) is 6.97. The summed E-state index contributed by atoms with van der Waals surface area (Å²) in [4.78, 5) is 24.8. The first kappa shape index (κ1) is 20.9. The lowest BCUT2D eigenvalue weighted by Crippen LogP contribution is -2.26. The first-order valence-corrected chi connectivity index (χ1v) is 10.9. The second-order valence-electron chi connectivity index (χ2n) is 8.10. The number of nitrogens with one attached hydrogen (secondary N) is 1. The first-order chi connectivity index (χ1) is 14.3. The van der Waals surface area contributed by atoms with Crippen LogP contribution in [0, 0.1) is 5.92 Å². The van der Waals surface area contributed by atoms with Crippen molar-refractivity contribution in [1.82, 2.24) is 14.9 Å². The van der Waals surface area contributed by atoms with Crippen LogP contribution in [0.5, 0.6) is 5.75 Å². The molecule has 4 rings (SSSR count). The number of alkyl halides is 2. The van der Waals surface area contributed by atoms with Crippen LogP contribution >= 0.6 is 11.3 Å². The zero-order valence-electron chi connectivity index (χ0n) is 17.2. The van der Waals surface area contributed by atoms with E-state index in [1.165, 1.54) is 22.6 Å². The highest BCUT2D eigenvalue weighted by atomic mass is 32.1.